The Balaban J connectivity index is 1.70. The summed E-state index contributed by atoms with van der Waals surface area (Å²) in [5.74, 6) is 0.567. The molecule has 0 fully saturated rings. The SMILES string of the molecule is C=CCNc1ccc(C(=O)N2CCc3ccccc3C2)nn1. The monoisotopic (exact) mass is 294 g/mol. The van der Waals surface area contributed by atoms with Gasteiger partial charge in [-0.2, -0.15) is 0 Å². The Hall–Kier alpha value is -2.69. The van der Waals surface area contributed by atoms with Crippen molar-refractivity contribution in [1.29, 1.82) is 0 Å². The van der Waals surface area contributed by atoms with E-state index in [9.17, 15) is 4.79 Å². The molecular formula is C17H18N4O. The van der Waals surface area contributed by atoms with Crippen molar-refractivity contribution in [1.82, 2.24) is 15.1 Å². The maximum atomic E-state index is 12.5. The van der Waals surface area contributed by atoms with Crippen LogP contribution in [0.5, 0.6) is 0 Å². The first-order valence-corrected chi connectivity index (χ1v) is 7.32. The molecule has 1 aliphatic heterocycles. The third-order valence-electron chi connectivity index (χ3n) is 3.73. The van der Waals surface area contributed by atoms with Crippen molar-refractivity contribution in [2.45, 2.75) is 13.0 Å². The van der Waals surface area contributed by atoms with Crippen molar-refractivity contribution in [3.63, 3.8) is 0 Å². The lowest BCUT2D eigenvalue weighted by molar-refractivity contribution is 0.0727. The molecule has 22 heavy (non-hydrogen) atoms. The van der Waals surface area contributed by atoms with Gasteiger partial charge >= 0.3 is 0 Å². The summed E-state index contributed by atoms with van der Waals surface area (Å²) < 4.78 is 0. The van der Waals surface area contributed by atoms with Crippen molar-refractivity contribution in [2.24, 2.45) is 0 Å². The number of nitrogens with zero attached hydrogens (tertiary/aromatic N) is 3. The average molecular weight is 294 g/mol. The quantitative estimate of drug-likeness (QED) is 0.879. The van der Waals surface area contributed by atoms with Gasteiger partial charge in [0, 0.05) is 19.6 Å². The van der Waals surface area contributed by atoms with Gasteiger partial charge in [-0.3, -0.25) is 4.79 Å². The van der Waals surface area contributed by atoms with E-state index in [4.69, 9.17) is 0 Å². The third kappa shape index (κ3) is 2.98. The van der Waals surface area contributed by atoms with E-state index in [0.717, 1.165) is 6.42 Å². The second-order valence-corrected chi connectivity index (χ2v) is 5.22. The fourth-order valence-corrected chi connectivity index (χ4v) is 2.55. The molecule has 0 radical (unpaired) electrons. The zero-order chi connectivity index (χ0) is 15.4. The number of amides is 1. The van der Waals surface area contributed by atoms with Crippen molar-refractivity contribution < 1.29 is 4.79 Å². The molecule has 2 aromatic rings. The summed E-state index contributed by atoms with van der Waals surface area (Å²) in [6.07, 6.45) is 2.63. The maximum absolute atomic E-state index is 12.5. The summed E-state index contributed by atoms with van der Waals surface area (Å²) in [5, 5.41) is 11.1. The summed E-state index contributed by atoms with van der Waals surface area (Å²) in [5.41, 5.74) is 2.91. The number of anilines is 1. The zero-order valence-electron chi connectivity index (χ0n) is 12.3. The Kier molecular flexibility index (Phi) is 4.14. The maximum Gasteiger partial charge on any atom is 0.274 e. The average Bonchev–Trinajstić information content (AvgIpc) is 2.59. The highest BCUT2D eigenvalue weighted by Crippen LogP contribution is 2.19. The largest absolute Gasteiger partial charge is 0.365 e. The summed E-state index contributed by atoms with van der Waals surface area (Å²) in [6.45, 7) is 5.59. The molecule has 1 aromatic heterocycles. The Morgan fingerprint density at radius 2 is 2.05 bits per heavy atom. The van der Waals surface area contributed by atoms with E-state index >= 15 is 0 Å². The molecule has 5 heteroatoms. The highest BCUT2D eigenvalue weighted by molar-refractivity contribution is 5.92. The molecule has 0 atom stereocenters. The van der Waals surface area contributed by atoms with Gasteiger partial charge in [0.2, 0.25) is 0 Å². The lowest BCUT2D eigenvalue weighted by Crippen LogP contribution is -2.36. The van der Waals surface area contributed by atoms with Crippen LogP contribution in [0.1, 0.15) is 21.6 Å². The molecule has 0 aliphatic carbocycles. The molecule has 0 bridgehead atoms. The standard InChI is InChI=1S/C17H18N4O/c1-2-10-18-16-8-7-15(19-20-16)17(22)21-11-9-13-5-3-4-6-14(13)12-21/h2-8H,1,9-12H2,(H,18,20). The number of aromatic nitrogens is 2. The van der Waals surface area contributed by atoms with Crippen LogP contribution in [0.4, 0.5) is 5.82 Å². The third-order valence-corrected chi connectivity index (χ3v) is 3.73. The molecule has 0 saturated carbocycles. The van der Waals surface area contributed by atoms with Crippen molar-refractivity contribution in [2.75, 3.05) is 18.4 Å². The molecule has 0 spiro atoms. The summed E-state index contributed by atoms with van der Waals surface area (Å²) in [7, 11) is 0. The first-order chi connectivity index (χ1) is 10.8. The number of nitrogens with one attached hydrogen (secondary N) is 1. The molecule has 1 N–H and O–H groups in total. The number of carbonyl (C=O) groups is 1. The minimum Gasteiger partial charge on any atom is -0.365 e. The second kappa shape index (κ2) is 6.39. The molecular weight excluding hydrogens is 276 g/mol. The smallest absolute Gasteiger partial charge is 0.274 e. The molecule has 1 aliphatic rings. The first-order valence-electron chi connectivity index (χ1n) is 7.32. The molecule has 2 heterocycles. The number of fused-ring (bicyclic) bond motifs is 1. The minimum absolute atomic E-state index is 0.0720. The van der Waals surface area contributed by atoms with E-state index in [1.54, 1.807) is 18.2 Å². The predicted octanol–water partition coefficient (Wildman–Crippen LogP) is 2.27. The van der Waals surface area contributed by atoms with E-state index in [2.05, 4.69) is 34.2 Å². The Morgan fingerprint density at radius 3 is 2.77 bits per heavy atom. The van der Waals surface area contributed by atoms with Crippen LogP contribution in [0.25, 0.3) is 0 Å². The Morgan fingerprint density at radius 1 is 1.23 bits per heavy atom. The molecule has 0 unspecified atom stereocenters. The lowest BCUT2D eigenvalue weighted by atomic mass is 10.00. The van der Waals surface area contributed by atoms with Gasteiger partial charge in [0.05, 0.1) is 0 Å². The second-order valence-electron chi connectivity index (χ2n) is 5.22. The normalized spacial score (nSPS) is 13.4. The van der Waals surface area contributed by atoms with E-state index < -0.39 is 0 Å². The number of carbonyl (C=O) groups excluding carboxylic acids is 1. The number of hydrogen-bond acceptors (Lipinski definition) is 4. The molecule has 1 aromatic carbocycles. The fraction of sp³-hybridized carbons (Fsp3) is 0.235. The van der Waals surface area contributed by atoms with E-state index in [1.807, 2.05) is 17.0 Å². The van der Waals surface area contributed by atoms with E-state index in [1.165, 1.54) is 11.1 Å². The number of benzene rings is 1. The van der Waals surface area contributed by atoms with Crippen LogP contribution < -0.4 is 5.32 Å². The highest BCUT2D eigenvalue weighted by Gasteiger charge is 2.22. The van der Waals surface area contributed by atoms with Gasteiger partial charge < -0.3 is 10.2 Å². The van der Waals surface area contributed by atoms with Crippen LogP contribution in [-0.4, -0.2) is 34.1 Å². The number of hydrogen-bond donors (Lipinski definition) is 1. The molecule has 112 valence electrons. The zero-order valence-corrected chi connectivity index (χ0v) is 12.3. The van der Waals surface area contributed by atoms with Crippen molar-refractivity contribution in [3.05, 3.63) is 65.9 Å². The van der Waals surface area contributed by atoms with Crippen molar-refractivity contribution in [3.8, 4) is 0 Å². The van der Waals surface area contributed by atoms with Gasteiger partial charge in [0.15, 0.2) is 5.69 Å². The summed E-state index contributed by atoms with van der Waals surface area (Å²) >= 11 is 0. The van der Waals surface area contributed by atoms with Gasteiger partial charge in [0.25, 0.3) is 5.91 Å². The van der Waals surface area contributed by atoms with Gasteiger partial charge in [-0.05, 0) is 29.7 Å². The number of rotatable bonds is 4. The molecule has 1 amide bonds. The lowest BCUT2D eigenvalue weighted by Gasteiger charge is -2.28. The fourth-order valence-electron chi connectivity index (χ4n) is 2.55. The summed E-state index contributed by atoms with van der Waals surface area (Å²) in [6, 6.07) is 11.7. The minimum atomic E-state index is -0.0720. The van der Waals surface area contributed by atoms with Gasteiger partial charge in [-0.25, -0.2) is 0 Å². The van der Waals surface area contributed by atoms with Crippen LogP contribution in [-0.2, 0) is 13.0 Å². The van der Waals surface area contributed by atoms with Crippen LogP contribution in [0.2, 0.25) is 0 Å². The van der Waals surface area contributed by atoms with Gasteiger partial charge in [-0.1, -0.05) is 30.3 Å². The van der Waals surface area contributed by atoms with Crippen LogP contribution in [0.15, 0.2) is 49.1 Å². The Labute approximate surface area is 129 Å². The van der Waals surface area contributed by atoms with Gasteiger partial charge in [0.1, 0.15) is 5.82 Å². The van der Waals surface area contributed by atoms with E-state index in [-0.39, 0.29) is 5.91 Å². The topological polar surface area (TPSA) is 58.1 Å². The predicted molar refractivity (Wildman–Crippen MR) is 85.6 cm³/mol. The molecule has 0 saturated heterocycles. The summed E-state index contributed by atoms with van der Waals surface area (Å²) in [4.78, 5) is 14.3. The Bertz CT molecular complexity index is 681. The van der Waals surface area contributed by atoms with Crippen LogP contribution in [0, 0.1) is 0 Å². The van der Waals surface area contributed by atoms with Gasteiger partial charge in [-0.15, -0.1) is 16.8 Å². The molecule has 5 nitrogen and oxygen atoms in total. The van der Waals surface area contributed by atoms with E-state index in [0.29, 0.717) is 31.1 Å². The first kappa shape index (κ1) is 14.3. The van der Waals surface area contributed by atoms with Crippen LogP contribution in [0.3, 0.4) is 0 Å². The molecule has 3 rings (SSSR count). The van der Waals surface area contributed by atoms with Crippen LogP contribution >= 0.6 is 0 Å². The van der Waals surface area contributed by atoms with Crippen molar-refractivity contribution >= 4 is 11.7 Å². The highest BCUT2D eigenvalue weighted by atomic mass is 16.2.